The molecule has 13 heteroatoms. The molecule has 3 heterocycles. The zero-order valence-corrected chi connectivity index (χ0v) is 25.0. The fourth-order valence-corrected chi connectivity index (χ4v) is 8.26. The van der Waals surface area contributed by atoms with Gasteiger partial charge in [0.15, 0.2) is 11.5 Å². The lowest BCUT2D eigenvalue weighted by Crippen LogP contribution is -2.33. The summed E-state index contributed by atoms with van der Waals surface area (Å²) in [6.07, 6.45) is 0. The number of hydrogen-bond acceptors (Lipinski definition) is 8. The summed E-state index contributed by atoms with van der Waals surface area (Å²) in [4.78, 5) is 55.3. The van der Waals surface area contributed by atoms with Gasteiger partial charge in [-0.3, -0.25) is 23.7 Å². The molecule has 3 amide bonds. The average molecular weight is 671 g/mol. The highest BCUT2D eigenvalue weighted by Crippen LogP contribution is 2.54. The summed E-state index contributed by atoms with van der Waals surface area (Å²) in [7, 11) is 1.40. The van der Waals surface area contributed by atoms with Gasteiger partial charge in [0.25, 0.3) is 0 Å². The molecule has 0 spiro atoms. The van der Waals surface area contributed by atoms with Crippen molar-refractivity contribution in [2.24, 2.45) is 5.92 Å². The first-order chi connectivity index (χ1) is 20.2. The molecule has 0 radical (unpaired) electrons. The molecule has 214 valence electrons. The van der Waals surface area contributed by atoms with Gasteiger partial charge >= 0.3 is 4.87 Å². The van der Waals surface area contributed by atoms with Gasteiger partial charge < -0.3 is 15.2 Å². The van der Waals surface area contributed by atoms with Crippen LogP contribution in [0, 0.1) is 11.7 Å². The molecule has 9 nitrogen and oxygen atoms in total. The number of aromatic hydroxyl groups is 1. The highest BCUT2D eigenvalue weighted by molar-refractivity contribution is 9.10. The number of imide groups is 1. The van der Waals surface area contributed by atoms with Crippen LogP contribution in [0.1, 0.15) is 16.4 Å². The number of phenols is 1. The highest BCUT2D eigenvalue weighted by Gasteiger charge is 2.57. The first-order valence-electron chi connectivity index (χ1n) is 12.6. The molecular weight excluding hydrogens is 649 g/mol. The topological polar surface area (TPSA) is 118 Å². The standard InChI is InChI=1S/C29H21BrFN3O6S2/c1-40-20-12-14(2-11-19(20)35)22-23-24(27(38)34(26(23)37)18-9-3-15(30)4-10-18)41-28-25(22)42-29(39)33(28)13-21(36)32-17-7-5-16(31)6-8-17/h2-12,22-24,35H,13H2,1H3,(H,32,36)/t22-,23+,24-/m0/s1. The number of halogens is 2. The van der Waals surface area contributed by atoms with E-state index >= 15 is 0 Å². The van der Waals surface area contributed by atoms with E-state index in [1.54, 1.807) is 36.4 Å². The third kappa shape index (κ3) is 4.91. The molecule has 1 saturated heterocycles. The van der Waals surface area contributed by atoms with Crippen molar-refractivity contribution in [3.05, 3.63) is 97.1 Å². The van der Waals surface area contributed by atoms with Gasteiger partial charge in [-0.1, -0.05) is 45.1 Å². The zero-order chi connectivity index (χ0) is 29.7. The number of fused-ring (bicyclic) bond motifs is 2. The van der Waals surface area contributed by atoms with Gasteiger partial charge in [-0.05, 0) is 66.2 Å². The molecule has 6 rings (SSSR count). The van der Waals surface area contributed by atoms with E-state index in [4.69, 9.17) is 4.74 Å². The molecule has 0 saturated carbocycles. The second kappa shape index (κ2) is 11.0. The predicted octanol–water partition coefficient (Wildman–Crippen LogP) is 4.96. The number of carbonyl (C=O) groups excluding carboxylic acids is 3. The highest BCUT2D eigenvalue weighted by atomic mass is 79.9. The molecule has 0 unspecified atom stereocenters. The molecule has 2 aliphatic heterocycles. The second-order valence-corrected chi connectivity index (χ2v) is 12.7. The Kier molecular flexibility index (Phi) is 7.41. The zero-order valence-electron chi connectivity index (χ0n) is 21.7. The molecule has 2 N–H and O–H groups in total. The molecule has 1 aromatic heterocycles. The van der Waals surface area contributed by atoms with Crippen LogP contribution in [0.4, 0.5) is 15.8 Å². The van der Waals surface area contributed by atoms with Crippen LogP contribution < -0.4 is 19.8 Å². The van der Waals surface area contributed by atoms with Crippen LogP contribution in [-0.2, 0) is 20.9 Å². The van der Waals surface area contributed by atoms with Crippen molar-refractivity contribution in [3.8, 4) is 11.5 Å². The summed E-state index contributed by atoms with van der Waals surface area (Å²) in [6, 6.07) is 16.7. The fourth-order valence-electron chi connectivity index (χ4n) is 5.22. The number of carbonyl (C=O) groups is 3. The van der Waals surface area contributed by atoms with E-state index in [-0.39, 0.29) is 18.0 Å². The number of nitrogens with one attached hydrogen (secondary N) is 1. The third-order valence-electron chi connectivity index (χ3n) is 7.13. The summed E-state index contributed by atoms with van der Waals surface area (Å²) in [6.45, 7) is -0.351. The number of thioether (sulfide) groups is 1. The van der Waals surface area contributed by atoms with Gasteiger partial charge in [0.1, 0.15) is 17.6 Å². The molecule has 3 atom stereocenters. The van der Waals surface area contributed by atoms with Crippen LogP contribution in [-0.4, -0.2) is 39.8 Å². The Bertz CT molecular complexity index is 1790. The summed E-state index contributed by atoms with van der Waals surface area (Å²) in [5, 5.41) is 12.4. The van der Waals surface area contributed by atoms with E-state index < -0.39 is 45.5 Å². The van der Waals surface area contributed by atoms with Crippen molar-refractivity contribution in [2.45, 2.75) is 22.7 Å². The summed E-state index contributed by atoms with van der Waals surface area (Å²) >= 11 is 5.37. The Labute approximate surface area is 255 Å². The van der Waals surface area contributed by atoms with Gasteiger partial charge in [-0.25, -0.2) is 9.29 Å². The van der Waals surface area contributed by atoms with Crippen molar-refractivity contribution >= 4 is 68.1 Å². The lowest BCUT2D eigenvalue weighted by atomic mass is 9.83. The molecule has 2 aliphatic rings. The van der Waals surface area contributed by atoms with Gasteiger partial charge in [0.2, 0.25) is 17.7 Å². The number of methoxy groups -OCH3 is 1. The first kappa shape index (κ1) is 28.2. The molecule has 0 aliphatic carbocycles. The Morgan fingerprint density at radius 1 is 1.05 bits per heavy atom. The van der Waals surface area contributed by atoms with Crippen LogP contribution in [0.3, 0.4) is 0 Å². The Balaban J connectivity index is 1.43. The minimum atomic E-state index is -0.876. The van der Waals surface area contributed by atoms with Crippen molar-refractivity contribution in [3.63, 3.8) is 0 Å². The quantitative estimate of drug-likeness (QED) is 0.279. The third-order valence-corrected chi connectivity index (χ3v) is 10.3. The normalized spacial score (nSPS) is 19.4. The van der Waals surface area contributed by atoms with Crippen molar-refractivity contribution < 1.29 is 28.6 Å². The van der Waals surface area contributed by atoms with E-state index in [9.17, 15) is 28.7 Å². The Morgan fingerprint density at radius 3 is 2.45 bits per heavy atom. The van der Waals surface area contributed by atoms with Crippen LogP contribution in [0.25, 0.3) is 0 Å². The van der Waals surface area contributed by atoms with E-state index in [1.807, 2.05) is 0 Å². The van der Waals surface area contributed by atoms with Gasteiger partial charge in [-0.2, -0.15) is 0 Å². The van der Waals surface area contributed by atoms with Gasteiger partial charge in [0.05, 0.1) is 23.7 Å². The van der Waals surface area contributed by atoms with E-state index in [1.165, 1.54) is 46.9 Å². The van der Waals surface area contributed by atoms with Crippen LogP contribution in [0.5, 0.6) is 11.5 Å². The van der Waals surface area contributed by atoms with E-state index in [0.29, 0.717) is 26.8 Å². The van der Waals surface area contributed by atoms with Crippen LogP contribution >= 0.6 is 39.0 Å². The Hall–Kier alpha value is -3.94. The Morgan fingerprint density at radius 2 is 1.76 bits per heavy atom. The number of anilines is 2. The van der Waals surface area contributed by atoms with Crippen LogP contribution in [0.15, 0.2) is 81.0 Å². The lowest BCUT2D eigenvalue weighted by Gasteiger charge is -2.31. The number of benzene rings is 3. The number of hydrogen-bond donors (Lipinski definition) is 2. The molecular formula is C29H21BrFN3O6S2. The minimum Gasteiger partial charge on any atom is -0.504 e. The molecule has 0 bridgehead atoms. The van der Waals surface area contributed by atoms with E-state index in [2.05, 4.69) is 21.2 Å². The molecule has 42 heavy (non-hydrogen) atoms. The number of ether oxygens (including phenoxy) is 1. The maximum atomic E-state index is 14.0. The van der Waals surface area contributed by atoms with Crippen molar-refractivity contribution in [2.75, 3.05) is 17.3 Å². The SMILES string of the molecule is COc1cc([C@@H]2c3sc(=O)n(CC(=O)Nc4ccc(F)cc4)c3S[C@@H]3C(=O)N(c4ccc(Br)cc4)C(=O)[C@H]23)ccc1O. The number of aromatic nitrogens is 1. The minimum absolute atomic E-state index is 0.100. The number of nitrogens with zero attached hydrogens (tertiary/aromatic N) is 2. The monoisotopic (exact) mass is 669 g/mol. The summed E-state index contributed by atoms with van der Waals surface area (Å²) in [5.41, 5.74) is 1.36. The van der Waals surface area contributed by atoms with Gasteiger partial charge in [0, 0.05) is 21.0 Å². The molecule has 3 aromatic carbocycles. The number of thiazole rings is 1. The largest absolute Gasteiger partial charge is 0.504 e. The molecule has 4 aromatic rings. The predicted molar refractivity (Wildman–Crippen MR) is 160 cm³/mol. The number of rotatable bonds is 6. The summed E-state index contributed by atoms with van der Waals surface area (Å²) in [5.74, 6) is -3.31. The van der Waals surface area contributed by atoms with Crippen molar-refractivity contribution in [1.29, 1.82) is 0 Å². The number of amides is 3. The fraction of sp³-hybridized carbons (Fsp3) is 0.172. The lowest BCUT2D eigenvalue weighted by molar-refractivity contribution is -0.122. The molecule has 1 fully saturated rings. The maximum absolute atomic E-state index is 14.0. The van der Waals surface area contributed by atoms with Crippen molar-refractivity contribution in [1.82, 2.24) is 4.57 Å². The second-order valence-electron chi connectivity index (χ2n) is 9.64. The summed E-state index contributed by atoms with van der Waals surface area (Å²) < 4.78 is 20.7. The smallest absolute Gasteiger partial charge is 0.308 e. The number of phenolic OH excluding ortho intramolecular Hbond substituents is 1. The first-order valence-corrected chi connectivity index (χ1v) is 15.1. The van der Waals surface area contributed by atoms with Gasteiger partial charge in [-0.15, -0.1) is 0 Å². The van der Waals surface area contributed by atoms with E-state index in [0.717, 1.165) is 27.6 Å². The average Bonchev–Trinajstić information content (AvgIpc) is 3.41. The maximum Gasteiger partial charge on any atom is 0.308 e. The van der Waals surface area contributed by atoms with Crippen LogP contribution in [0.2, 0.25) is 0 Å².